The van der Waals surface area contributed by atoms with Gasteiger partial charge < -0.3 is 10.1 Å². The van der Waals surface area contributed by atoms with E-state index in [1.54, 1.807) is 0 Å². The van der Waals surface area contributed by atoms with Crippen LogP contribution in [0.4, 0.5) is 5.82 Å². The Morgan fingerprint density at radius 2 is 1.84 bits per heavy atom. The van der Waals surface area contributed by atoms with Crippen molar-refractivity contribution in [3.05, 3.63) is 11.9 Å². The van der Waals surface area contributed by atoms with Crippen LogP contribution in [0.25, 0.3) is 0 Å². The SMILES string of the molecule is CNc1ncnc(OCCN(C(C)C)C(C)C)c1C. The highest BCUT2D eigenvalue weighted by atomic mass is 16.5. The van der Waals surface area contributed by atoms with Crippen molar-refractivity contribution in [1.82, 2.24) is 14.9 Å². The van der Waals surface area contributed by atoms with Crippen LogP contribution in [0, 0.1) is 6.92 Å². The normalized spacial score (nSPS) is 11.4. The predicted molar refractivity (Wildman–Crippen MR) is 78.8 cm³/mol. The van der Waals surface area contributed by atoms with Crippen molar-refractivity contribution >= 4 is 5.82 Å². The fourth-order valence-electron chi connectivity index (χ4n) is 2.19. The molecule has 19 heavy (non-hydrogen) atoms. The summed E-state index contributed by atoms with van der Waals surface area (Å²) < 4.78 is 5.78. The molecule has 108 valence electrons. The van der Waals surface area contributed by atoms with E-state index in [0.717, 1.165) is 17.9 Å². The third kappa shape index (κ3) is 4.35. The van der Waals surface area contributed by atoms with E-state index in [1.165, 1.54) is 6.33 Å². The van der Waals surface area contributed by atoms with Crippen molar-refractivity contribution in [3.63, 3.8) is 0 Å². The smallest absolute Gasteiger partial charge is 0.221 e. The second kappa shape index (κ2) is 7.28. The Hall–Kier alpha value is -1.36. The highest BCUT2D eigenvalue weighted by Crippen LogP contribution is 2.19. The standard InChI is InChI=1S/C14H26N4O/c1-10(2)18(11(3)4)7-8-19-14-12(5)13(15-6)16-9-17-14/h9-11H,7-8H2,1-6H3,(H,15,16,17). The van der Waals surface area contributed by atoms with Gasteiger partial charge in [-0.1, -0.05) is 0 Å². The van der Waals surface area contributed by atoms with Gasteiger partial charge >= 0.3 is 0 Å². The average Bonchev–Trinajstić information content (AvgIpc) is 2.35. The van der Waals surface area contributed by atoms with Gasteiger partial charge in [-0.15, -0.1) is 0 Å². The fraction of sp³-hybridized carbons (Fsp3) is 0.714. The van der Waals surface area contributed by atoms with Crippen molar-refractivity contribution in [2.75, 3.05) is 25.5 Å². The Labute approximate surface area is 116 Å². The molecule has 1 heterocycles. The van der Waals surface area contributed by atoms with Crippen molar-refractivity contribution in [2.24, 2.45) is 0 Å². The minimum absolute atomic E-state index is 0.517. The number of ether oxygens (including phenoxy) is 1. The molecule has 0 spiro atoms. The summed E-state index contributed by atoms with van der Waals surface area (Å²) in [5.41, 5.74) is 0.950. The van der Waals surface area contributed by atoms with Gasteiger partial charge in [0.1, 0.15) is 18.8 Å². The monoisotopic (exact) mass is 266 g/mol. The summed E-state index contributed by atoms with van der Waals surface area (Å²) in [6.07, 6.45) is 1.52. The van der Waals surface area contributed by atoms with E-state index in [0.29, 0.717) is 24.6 Å². The summed E-state index contributed by atoms with van der Waals surface area (Å²) in [5.74, 6) is 1.47. The van der Waals surface area contributed by atoms with E-state index in [2.05, 4.69) is 47.9 Å². The number of rotatable bonds is 7. The fourth-order valence-corrected chi connectivity index (χ4v) is 2.19. The molecule has 0 amide bonds. The Morgan fingerprint density at radius 3 is 2.37 bits per heavy atom. The first kappa shape index (κ1) is 15.7. The lowest BCUT2D eigenvalue weighted by Crippen LogP contribution is -2.39. The van der Waals surface area contributed by atoms with Crippen molar-refractivity contribution in [1.29, 1.82) is 0 Å². The Kier molecular flexibility index (Phi) is 6.02. The Morgan fingerprint density at radius 1 is 1.21 bits per heavy atom. The maximum atomic E-state index is 5.78. The largest absolute Gasteiger partial charge is 0.476 e. The van der Waals surface area contributed by atoms with Gasteiger partial charge in [-0.25, -0.2) is 9.97 Å². The molecule has 0 saturated carbocycles. The predicted octanol–water partition coefficient (Wildman–Crippen LogP) is 2.32. The minimum atomic E-state index is 0.517. The number of nitrogens with one attached hydrogen (secondary N) is 1. The molecule has 5 heteroatoms. The second-order valence-corrected chi connectivity index (χ2v) is 5.18. The van der Waals surface area contributed by atoms with Crippen LogP contribution in [0.2, 0.25) is 0 Å². The van der Waals surface area contributed by atoms with Crippen molar-refractivity contribution < 1.29 is 4.74 Å². The van der Waals surface area contributed by atoms with Crippen LogP contribution in [-0.2, 0) is 0 Å². The van der Waals surface area contributed by atoms with Gasteiger partial charge in [-0.2, -0.15) is 0 Å². The molecule has 0 radical (unpaired) electrons. The second-order valence-electron chi connectivity index (χ2n) is 5.18. The topological polar surface area (TPSA) is 50.3 Å². The third-order valence-corrected chi connectivity index (χ3v) is 3.19. The van der Waals surface area contributed by atoms with Crippen molar-refractivity contribution in [3.8, 4) is 5.88 Å². The molecule has 0 bridgehead atoms. The van der Waals surface area contributed by atoms with Crippen LogP contribution in [0.1, 0.15) is 33.3 Å². The summed E-state index contributed by atoms with van der Waals surface area (Å²) in [6.45, 7) is 12.3. The number of hydrogen-bond donors (Lipinski definition) is 1. The van der Waals surface area contributed by atoms with E-state index >= 15 is 0 Å². The number of nitrogens with zero attached hydrogens (tertiary/aromatic N) is 3. The van der Waals surface area contributed by atoms with Crippen LogP contribution in [0.15, 0.2) is 6.33 Å². The van der Waals surface area contributed by atoms with E-state index in [-0.39, 0.29) is 0 Å². The summed E-state index contributed by atoms with van der Waals surface area (Å²) in [5, 5.41) is 3.03. The van der Waals surface area contributed by atoms with Gasteiger partial charge in [0, 0.05) is 25.7 Å². The molecule has 1 N–H and O–H groups in total. The first-order chi connectivity index (χ1) is 8.97. The summed E-state index contributed by atoms with van der Waals surface area (Å²) in [4.78, 5) is 10.7. The molecular weight excluding hydrogens is 240 g/mol. The lowest BCUT2D eigenvalue weighted by molar-refractivity contribution is 0.140. The molecule has 5 nitrogen and oxygen atoms in total. The van der Waals surface area contributed by atoms with Gasteiger partial charge in [0.2, 0.25) is 5.88 Å². The highest BCUT2D eigenvalue weighted by Gasteiger charge is 2.13. The first-order valence-electron chi connectivity index (χ1n) is 6.85. The minimum Gasteiger partial charge on any atom is -0.476 e. The van der Waals surface area contributed by atoms with Crippen molar-refractivity contribution in [2.45, 2.75) is 46.7 Å². The molecule has 0 aliphatic heterocycles. The van der Waals surface area contributed by atoms with Crippen LogP contribution < -0.4 is 10.1 Å². The van der Waals surface area contributed by atoms with E-state index in [9.17, 15) is 0 Å². The van der Waals surface area contributed by atoms with Gasteiger partial charge in [-0.3, -0.25) is 4.90 Å². The summed E-state index contributed by atoms with van der Waals surface area (Å²) in [7, 11) is 1.85. The Balaban J connectivity index is 2.58. The zero-order valence-electron chi connectivity index (χ0n) is 12.9. The zero-order chi connectivity index (χ0) is 14.4. The molecule has 1 aromatic rings. The third-order valence-electron chi connectivity index (χ3n) is 3.19. The first-order valence-corrected chi connectivity index (χ1v) is 6.85. The Bertz CT molecular complexity index is 385. The van der Waals surface area contributed by atoms with Crippen LogP contribution >= 0.6 is 0 Å². The number of hydrogen-bond acceptors (Lipinski definition) is 5. The molecule has 0 aromatic carbocycles. The molecular formula is C14H26N4O. The maximum Gasteiger partial charge on any atom is 0.221 e. The van der Waals surface area contributed by atoms with Crippen LogP contribution in [-0.4, -0.2) is 47.2 Å². The summed E-state index contributed by atoms with van der Waals surface area (Å²) in [6, 6.07) is 1.03. The number of aromatic nitrogens is 2. The maximum absolute atomic E-state index is 5.78. The van der Waals surface area contributed by atoms with Gasteiger partial charge in [0.25, 0.3) is 0 Å². The molecule has 1 rings (SSSR count). The molecule has 0 saturated heterocycles. The lowest BCUT2D eigenvalue weighted by atomic mass is 10.2. The van der Waals surface area contributed by atoms with E-state index in [4.69, 9.17) is 4.74 Å². The number of anilines is 1. The van der Waals surface area contributed by atoms with Gasteiger partial charge in [0.15, 0.2) is 0 Å². The molecule has 1 aromatic heterocycles. The van der Waals surface area contributed by atoms with Gasteiger partial charge in [0.05, 0.1) is 5.56 Å². The molecule has 0 aliphatic rings. The quantitative estimate of drug-likeness (QED) is 0.821. The molecule has 0 aliphatic carbocycles. The molecule has 0 unspecified atom stereocenters. The molecule has 0 fully saturated rings. The van der Waals surface area contributed by atoms with E-state index < -0.39 is 0 Å². The van der Waals surface area contributed by atoms with Gasteiger partial charge in [-0.05, 0) is 34.6 Å². The zero-order valence-corrected chi connectivity index (χ0v) is 12.9. The highest BCUT2D eigenvalue weighted by molar-refractivity contribution is 5.46. The van der Waals surface area contributed by atoms with Crippen LogP contribution in [0.5, 0.6) is 5.88 Å². The average molecular weight is 266 g/mol. The molecule has 0 atom stereocenters. The lowest BCUT2D eigenvalue weighted by Gasteiger charge is -2.30. The summed E-state index contributed by atoms with van der Waals surface area (Å²) >= 11 is 0. The van der Waals surface area contributed by atoms with E-state index in [1.807, 2.05) is 14.0 Å². The van der Waals surface area contributed by atoms with Crippen LogP contribution in [0.3, 0.4) is 0 Å².